The maximum absolute atomic E-state index is 2.34. The van der Waals surface area contributed by atoms with Gasteiger partial charge in [0.1, 0.15) is 0 Å². The summed E-state index contributed by atoms with van der Waals surface area (Å²) < 4.78 is 0. The number of rotatable bonds is 0. The predicted octanol–water partition coefficient (Wildman–Crippen LogP) is 3.19. The monoisotopic (exact) mass is 152 g/mol. The van der Waals surface area contributed by atoms with Crippen LogP contribution >= 0.6 is 11.3 Å². The second kappa shape index (κ2) is 2.39. The molecule has 0 aromatic carbocycles. The largest absolute Gasteiger partial charge is 0.149 e. The van der Waals surface area contributed by atoms with E-state index in [1.54, 1.807) is 10.4 Å². The minimum absolute atomic E-state index is 0.829. The lowest BCUT2D eigenvalue weighted by molar-refractivity contribution is 0.598. The van der Waals surface area contributed by atoms with Crippen LogP contribution in [0.1, 0.15) is 36.1 Å². The van der Waals surface area contributed by atoms with Crippen LogP contribution in [0.25, 0.3) is 0 Å². The maximum atomic E-state index is 2.34. The summed E-state index contributed by atoms with van der Waals surface area (Å²) in [5, 5.41) is 2.23. The molecule has 0 amide bonds. The van der Waals surface area contributed by atoms with Crippen LogP contribution in [0.2, 0.25) is 0 Å². The SMILES string of the molecule is CC1CCCc2sccc21. The maximum Gasteiger partial charge on any atom is 0.00799 e. The van der Waals surface area contributed by atoms with Crippen LogP contribution < -0.4 is 0 Å². The van der Waals surface area contributed by atoms with Crippen molar-refractivity contribution in [2.45, 2.75) is 32.1 Å². The molecule has 0 N–H and O–H groups in total. The smallest absolute Gasteiger partial charge is 0.00799 e. The fraction of sp³-hybridized carbons (Fsp3) is 0.556. The fourth-order valence-electron chi connectivity index (χ4n) is 1.72. The number of hydrogen-bond donors (Lipinski definition) is 0. The summed E-state index contributed by atoms with van der Waals surface area (Å²) in [5.41, 5.74) is 1.62. The molecule has 1 unspecified atom stereocenters. The Hall–Kier alpha value is -0.300. The Morgan fingerprint density at radius 2 is 2.50 bits per heavy atom. The normalized spacial score (nSPS) is 24.3. The standard InChI is InChI=1S/C9H12S/c1-7-3-2-4-9-8(7)5-6-10-9/h5-7H,2-4H2,1H3. The van der Waals surface area contributed by atoms with E-state index in [9.17, 15) is 0 Å². The molecular formula is C9H12S. The number of hydrogen-bond acceptors (Lipinski definition) is 1. The van der Waals surface area contributed by atoms with Gasteiger partial charge in [0.05, 0.1) is 0 Å². The van der Waals surface area contributed by atoms with Gasteiger partial charge in [-0.15, -0.1) is 11.3 Å². The van der Waals surface area contributed by atoms with Crippen LogP contribution in [0, 0.1) is 0 Å². The molecule has 1 aromatic rings. The van der Waals surface area contributed by atoms with E-state index >= 15 is 0 Å². The summed E-state index contributed by atoms with van der Waals surface area (Å²) in [4.78, 5) is 1.64. The molecule has 1 heterocycles. The molecule has 0 aliphatic heterocycles. The fourth-order valence-corrected chi connectivity index (χ4v) is 2.76. The molecule has 1 heteroatoms. The van der Waals surface area contributed by atoms with E-state index in [4.69, 9.17) is 0 Å². The van der Waals surface area contributed by atoms with Gasteiger partial charge in [-0.25, -0.2) is 0 Å². The third kappa shape index (κ3) is 0.891. The molecule has 1 aliphatic carbocycles. The molecule has 0 bridgehead atoms. The van der Waals surface area contributed by atoms with E-state index in [1.807, 2.05) is 11.3 Å². The van der Waals surface area contributed by atoms with E-state index in [1.165, 1.54) is 19.3 Å². The highest BCUT2D eigenvalue weighted by Gasteiger charge is 2.16. The second-order valence-corrected chi connectivity index (χ2v) is 4.09. The molecule has 0 saturated carbocycles. The molecule has 54 valence electrons. The Bertz CT molecular complexity index is 224. The molecular weight excluding hydrogens is 140 g/mol. The number of thiophene rings is 1. The van der Waals surface area contributed by atoms with E-state index < -0.39 is 0 Å². The van der Waals surface area contributed by atoms with Gasteiger partial charge >= 0.3 is 0 Å². The van der Waals surface area contributed by atoms with Crippen LogP contribution in [0.3, 0.4) is 0 Å². The quantitative estimate of drug-likeness (QED) is 0.535. The third-order valence-corrected chi connectivity index (χ3v) is 3.35. The molecule has 1 atom stereocenters. The molecule has 0 fully saturated rings. The van der Waals surface area contributed by atoms with E-state index in [2.05, 4.69) is 18.4 Å². The van der Waals surface area contributed by atoms with Crippen LogP contribution in [0.4, 0.5) is 0 Å². The van der Waals surface area contributed by atoms with Gasteiger partial charge in [-0.05, 0) is 42.2 Å². The summed E-state index contributed by atoms with van der Waals surface area (Å²) in [7, 11) is 0. The lowest BCUT2D eigenvalue weighted by Crippen LogP contribution is -2.02. The average Bonchev–Trinajstić information content (AvgIpc) is 2.36. The summed E-state index contributed by atoms with van der Waals surface area (Å²) in [5.74, 6) is 0.829. The molecule has 0 nitrogen and oxygen atoms in total. The van der Waals surface area contributed by atoms with Crippen molar-refractivity contribution in [2.75, 3.05) is 0 Å². The predicted molar refractivity (Wildman–Crippen MR) is 45.7 cm³/mol. The first-order chi connectivity index (χ1) is 4.88. The van der Waals surface area contributed by atoms with Crippen LogP contribution in [0.5, 0.6) is 0 Å². The van der Waals surface area contributed by atoms with Crippen molar-refractivity contribution in [3.8, 4) is 0 Å². The van der Waals surface area contributed by atoms with Crippen molar-refractivity contribution in [3.05, 3.63) is 21.9 Å². The zero-order valence-electron chi connectivity index (χ0n) is 6.26. The molecule has 0 saturated heterocycles. The summed E-state index contributed by atoms with van der Waals surface area (Å²) >= 11 is 1.93. The first kappa shape index (κ1) is 6.41. The summed E-state index contributed by atoms with van der Waals surface area (Å²) in [6, 6.07) is 2.30. The molecule has 1 aliphatic rings. The zero-order valence-corrected chi connectivity index (χ0v) is 7.08. The van der Waals surface area contributed by atoms with Gasteiger partial charge in [-0.2, -0.15) is 0 Å². The molecule has 2 rings (SSSR count). The van der Waals surface area contributed by atoms with Crippen molar-refractivity contribution < 1.29 is 0 Å². The topological polar surface area (TPSA) is 0 Å². The van der Waals surface area contributed by atoms with Gasteiger partial charge in [0.2, 0.25) is 0 Å². The lowest BCUT2D eigenvalue weighted by Gasteiger charge is -2.17. The van der Waals surface area contributed by atoms with Crippen LogP contribution in [0.15, 0.2) is 11.4 Å². The first-order valence-electron chi connectivity index (χ1n) is 3.94. The Morgan fingerprint density at radius 1 is 1.60 bits per heavy atom. The van der Waals surface area contributed by atoms with Gasteiger partial charge in [-0.3, -0.25) is 0 Å². The van der Waals surface area contributed by atoms with Crippen molar-refractivity contribution in [3.63, 3.8) is 0 Å². The highest BCUT2D eigenvalue weighted by Crippen LogP contribution is 2.33. The summed E-state index contributed by atoms with van der Waals surface area (Å²) in [6.45, 7) is 2.34. The number of fused-ring (bicyclic) bond motifs is 1. The van der Waals surface area contributed by atoms with Crippen molar-refractivity contribution >= 4 is 11.3 Å². The van der Waals surface area contributed by atoms with Gasteiger partial charge in [-0.1, -0.05) is 6.92 Å². The van der Waals surface area contributed by atoms with Crippen LogP contribution in [-0.2, 0) is 6.42 Å². The Balaban J connectivity index is 2.41. The van der Waals surface area contributed by atoms with Crippen molar-refractivity contribution in [1.82, 2.24) is 0 Å². The van der Waals surface area contributed by atoms with Gasteiger partial charge in [0.15, 0.2) is 0 Å². The minimum Gasteiger partial charge on any atom is -0.149 e. The highest BCUT2D eigenvalue weighted by atomic mass is 32.1. The molecule has 10 heavy (non-hydrogen) atoms. The first-order valence-corrected chi connectivity index (χ1v) is 4.82. The molecule has 1 aromatic heterocycles. The van der Waals surface area contributed by atoms with Gasteiger partial charge in [0.25, 0.3) is 0 Å². The molecule has 0 spiro atoms. The highest BCUT2D eigenvalue weighted by molar-refractivity contribution is 7.10. The number of aryl methyl sites for hydroxylation is 1. The van der Waals surface area contributed by atoms with Crippen LogP contribution in [-0.4, -0.2) is 0 Å². The summed E-state index contributed by atoms with van der Waals surface area (Å²) in [6.07, 6.45) is 4.12. The van der Waals surface area contributed by atoms with Crippen molar-refractivity contribution in [1.29, 1.82) is 0 Å². The van der Waals surface area contributed by atoms with E-state index in [0.717, 1.165) is 5.92 Å². The third-order valence-electron chi connectivity index (χ3n) is 2.35. The van der Waals surface area contributed by atoms with E-state index in [0.29, 0.717) is 0 Å². The zero-order chi connectivity index (χ0) is 6.97. The average molecular weight is 152 g/mol. The van der Waals surface area contributed by atoms with E-state index in [-0.39, 0.29) is 0 Å². The second-order valence-electron chi connectivity index (χ2n) is 3.09. The Kier molecular flexibility index (Phi) is 1.53. The van der Waals surface area contributed by atoms with Crippen molar-refractivity contribution in [2.24, 2.45) is 0 Å². The lowest BCUT2D eigenvalue weighted by atomic mass is 9.90. The Labute approximate surface area is 65.9 Å². The molecule has 0 radical (unpaired) electrons. The van der Waals surface area contributed by atoms with Gasteiger partial charge < -0.3 is 0 Å². The Morgan fingerprint density at radius 3 is 3.30 bits per heavy atom. The minimum atomic E-state index is 0.829. The van der Waals surface area contributed by atoms with Gasteiger partial charge in [0, 0.05) is 4.88 Å².